The van der Waals surface area contributed by atoms with E-state index in [2.05, 4.69) is 4.90 Å². The van der Waals surface area contributed by atoms with E-state index in [1.807, 2.05) is 58.3 Å². The Morgan fingerprint density at radius 2 is 1.76 bits per heavy atom. The second kappa shape index (κ2) is 11.9. The third kappa shape index (κ3) is 6.48. The number of methoxy groups -OCH3 is 1. The highest BCUT2D eigenvalue weighted by molar-refractivity contribution is 5.94. The van der Waals surface area contributed by atoms with Crippen LogP contribution in [0.5, 0.6) is 11.5 Å². The third-order valence-corrected chi connectivity index (χ3v) is 6.25. The number of hydrogen-bond donors (Lipinski definition) is 0. The zero-order chi connectivity index (χ0) is 23.8. The Bertz CT molecular complexity index is 954. The highest BCUT2D eigenvalue weighted by atomic mass is 16.5. The van der Waals surface area contributed by atoms with E-state index in [1.54, 1.807) is 13.2 Å². The van der Waals surface area contributed by atoms with Gasteiger partial charge in [-0.05, 0) is 43.3 Å². The Balaban J connectivity index is 1.25. The predicted molar refractivity (Wildman–Crippen MR) is 128 cm³/mol. The first-order valence-electron chi connectivity index (χ1n) is 11.9. The fraction of sp³-hybridized carbons (Fsp3) is 0.462. The van der Waals surface area contributed by atoms with Crippen LogP contribution in [0.15, 0.2) is 54.6 Å². The molecular formula is C26H33N3O5. The van der Waals surface area contributed by atoms with Gasteiger partial charge in [0.05, 0.1) is 19.8 Å². The van der Waals surface area contributed by atoms with Crippen LogP contribution in [0.2, 0.25) is 0 Å². The number of amides is 2. The highest BCUT2D eigenvalue weighted by Gasteiger charge is 2.28. The van der Waals surface area contributed by atoms with Gasteiger partial charge < -0.3 is 24.0 Å². The molecule has 1 atom stereocenters. The zero-order valence-corrected chi connectivity index (χ0v) is 19.7. The first-order chi connectivity index (χ1) is 16.6. The summed E-state index contributed by atoms with van der Waals surface area (Å²) in [7, 11) is 1.60. The van der Waals surface area contributed by atoms with Crippen LogP contribution in [0.25, 0.3) is 0 Å². The number of hydrogen-bond acceptors (Lipinski definition) is 6. The number of ether oxygens (including phenoxy) is 3. The van der Waals surface area contributed by atoms with Crippen LogP contribution in [0.4, 0.5) is 0 Å². The second-order valence-electron chi connectivity index (χ2n) is 8.61. The minimum Gasteiger partial charge on any atom is -0.497 e. The van der Waals surface area contributed by atoms with Crippen LogP contribution in [-0.2, 0) is 9.53 Å². The zero-order valence-electron chi connectivity index (χ0n) is 19.7. The summed E-state index contributed by atoms with van der Waals surface area (Å²) in [5.74, 6) is 1.39. The molecule has 2 saturated heterocycles. The molecule has 0 aromatic heterocycles. The van der Waals surface area contributed by atoms with Crippen LogP contribution in [0.3, 0.4) is 0 Å². The summed E-state index contributed by atoms with van der Waals surface area (Å²) >= 11 is 0. The van der Waals surface area contributed by atoms with Crippen LogP contribution in [0, 0.1) is 0 Å². The molecule has 34 heavy (non-hydrogen) atoms. The minimum absolute atomic E-state index is 0.0249. The first-order valence-corrected chi connectivity index (χ1v) is 11.9. The maximum absolute atomic E-state index is 13.0. The van der Waals surface area contributed by atoms with E-state index in [1.165, 1.54) is 0 Å². The van der Waals surface area contributed by atoms with Gasteiger partial charge in [0.2, 0.25) is 0 Å². The summed E-state index contributed by atoms with van der Waals surface area (Å²) in [6.07, 6.45) is 0.853. The lowest BCUT2D eigenvalue weighted by atomic mass is 10.2. The maximum Gasteiger partial charge on any atom is 0.260 e. The topological polar surface area (TPSA) is 71.6 Å². The largest absolute Gasteiger partial charge is 0.497 e. The van der Waals surface area contributed by atoms with Crippen LogP contribution >= 0.6 is 0 Å². The number of para-hydroxylation sites is 1. The fourth-order valence-corrected chi connectivity index (χ4v) is 4.39. The smallest absolute Gasteiger partial charge is 0.260 e. The molecule has 0 saturated carbocycles. The van der Waals surface area contributed by atoms with Crippen molar-refractivity contribution in [2.24, 2.45) is 0 Å². The van der Waals surface area contributed by atoms with Crippen molar-refractivity contribution >= 4 is 11.8 Å². The van der Waals surface area contributed by atoms with E-state index in [9.17, 15) is 9.59 Å². The number of rotatable bonds is 7. The molecule has 0 N–H and O–H groups in total. The summed E-state index contributed by atoms with van der Waals surface area (Å²) in [5, 5.41) is 0. The Labute approximate surface area is 201 Å². The molecule has 8 nitrogen and oxygen atoms in total. The Morgan fingerprint density at radius 3 is 2.59 bits per heavy atom. The molecule has 2 aromatic rings. The van der Waals surface area contributed by atoms with Gasteiger partial charge in [-0.3, -0.25) is 14.5 Å². The molecule has 0 spiro atoms. The van der Waals surface area contributed by atoms with Gasteiger partial charge in [-0.15, -0.1) is 0 Å². The van der Waals surface area contributed by atoms with Crippen LogP contribution in [0.1, 0.15) is 16.8 Å². The lowest BCUT2D eigenvalue weighted by Crippen LogP contribution is -2.51. The van der Waals surface area contributed by atoms with Gasteiger partial charge in [0, 0.05) is 44.8 Å². The summed E-state index contributed by atoms with van der Waals surface area (Å²) in [4.78, 5) is 31.7. The van der Waals surface area contributed by atoms with E-state index < -0.39 is 0 Å². The van der Waals surface area contributed by atoms with Crippen molar-refractivity contribution in [2.75, 3.05) is 66.1 Å². The quantitative estimate of drug-likeness (QED) is 0.622. The van der Waals surface area contributed by atoms with Gasteiger partial charge in [0.15, 0.2) is 6.61 Å². The molecule has 182 valence electrons. The van der Waals surface area contributed by atoms with Crippen molar-refractivity contribution in [1.82, 2.24) is 14.7 Å². The summed E-state index contributed by atoms with van der Waals surface area (Å²) in [6.45, 7) is 5.49. The molecular weight excluding hydrogens is 434 g/mol. The summed E-state index contributed by atoms with van der Waals surface area (Å²) in [6, 6.07) is 16.7. The van der Waals surface area contributed by atoms with Gasteiger partial charge in [-0.2, -0.15) is 0 Å². The molecule has 2 fully saturated rings. The van der Waals surface area contributed by atoms with Crippen molar-refractivity contribution in [3.8, 4) is 11.5 Å². The van der Waals surface area contributed by atoms with Crippen molar-refractivity contribution < 1.29 is 23.8 Å². The molecule has 0 bridgehead atoms. The minimum atomic E-state index is -0.0462. The highest BCUT2D eigenvalue weighted by Crippen LogP contribution is 2.17. The van der Waals surface area contributed by atoms with Crippen LogP contribution < -0.4 is 9.47 Å². The number of carbonyl (C=O) groups excluding carboxylic acids is 2. The molecule has 2 heterocycles. The lowest BCUT2D eigenvalue weighted by molar-refractivity contribution is -0.141. The molecule has 8 heteroatoms. The average Bonchev–Trinajstić information content (AvgIpc) is 3.13. The Morgan fingerprint density at radius 1 is 0.941 bits per heavy atom. The number of nitrogens with zero attached hydrogens (tertiary/aromatic N) is 3. The van der Waals surface area contributed by atoms with Gasteiger partial charge in [0.1, 0.15) is 11.5 Å². The number of carbonyl (C=O) groups is 2. The van der Waals surface area contributed by atoms with E-state index in [0.717, 1.165) is 32.6 Å². The van der Waals surface area contributed by atoms with Gasteiger partial charge in [-0.1, -0.05) is 24.3 Å². The number of morpholine rings is 1. The second-order valence-corrected chi connectivity index (χ2v) is 8.61. The lowest BCUT2D eigenvalue weighted by Gasteiger charge is -2.35. The van der Waals surface area contributed by atoms with Crippen molar-refractivity contribution in [3.63, 3.8) is 0 Å². The molecule has 2 aliphatic heterocycles. The standard InChI is InChI=1S/C26H33N3O5/c1-32-23-10-5-7-21(17-23)26(31)28-12-6-11-27(13-14-28)18-24-19-29(15-16-33-24)25(30)20-34-22-8-3-2-4-9-22/h2-5,7-10,17,24H,6,11-16,18-20H2,1H3/t24-/m1/s1. The molecule has 0 aliphatic carbocycles. The van der Waals surface area contributed by atoms with Crippen molar-refractivity contribution in [1.29, 1.82) is 0 Å². The molecule has 2 aliphatic rings. The van der Waals surface area contributed by atoms with Crippen molar-refractivity contribution in [2.45, 2.75) is 12.5 Å². The monoisotopic (exact) mass is 467 g/mol. The normalized spacial score (nSPS) is 19.4. The summed E-state index contributed by atoms with van der Waals surface area (Å²) < 4.78 is 16.8. The number of benzene rings is 2. The SMILES string of the molecule is COc1cccc(C(=O)N2CCCN(C[C@@H]3CN(C(=O)COc4ccccc4)CCO3)CC2)c1. The summed E-state index contributed by atoms with van der Waals surface area (Å²) in [5.41, 5.74) is 0.648. The van der Waals surface area contributed by atoms with E-state index >= 15 is 0 Å². The first kappa shape index (κ1) is 24.0. The third-order valence-electron chi connectivity index (χ3n) is 6.25. The van der Waals surface area contributed by atoms with Gasteiger partial charge >= 0.3 is 0 Å². The predicted octanol–water partition coefficient (Wildman–Crippen LogP) is 2.15. The van der Waals surface area contributed by atoms with Gasteiger partial charge in [-0.25, -0.2) is 0 Å². The van der Waals surface area contributed by atoms with E-state index in [4.69, 9.17) is 14.2 Å². The van der Waals surface area contributed by atoms with Crippen LogP contribution in [-0.4, -0.2) is 98.8 Å². The van der Waals surface area contributed by atoms with Crippen molar-refractivity contribution in [3.05, 3.63) is 60.2 Å². The fourth-order valence-electron chi connectivity index (χ4n) is 4.39. The average molecular weight is 468 g/mol. The Kier molecular flexibility index (Phi) is 8.38. The molecule has 4 rings (SSSR count). The Hall–Kier alpha value is -3.10. The molecule has 0 radical (unpaired) electrons. The molecule has 2 amide bonds. The van der Waals surface area contributed by atoms with Gasteiger partial charge in [0.25, 0.3) is 11.8 Å². The van der Waals surface area contributed by atoms with E-state index in [-0.39, 0.29) is 24.5 Å². The molecule has 2 aromatic carbocycles. The van der Waals surface area contributed by atoms with E-state index in [0.29, 0.717) is 43.3 Å². The molecule has 0 unspecified atom stereocenters. The maximum atomic E-state index is 13.0.